The maximum atomic E-state index is 5.88. The Labute approximate surface area is 105 Å². The molecule has 4 heteroatoms. The molecule has 0 atom stereocenters. The summed E-state index contributed by atoms with van der Waals surface area (Å²) in [6.45, 7) is 1.02. The lowest BCUT2D eigenvalue weighted by Crippen LogP contribution is -2.18. The van der Waals surface area contributed by atoms with Crippen LogP contribution >= 0.6 is 15.9 Å². The number of nitrogens with one attached hydrogen (secondary N) is 1. The minimum Gasteiger partial charge on any atom is -0.396 e. The van der Waals surface area contributed by atoms with Crippen LogP contribution in [-0.2, 0) is 0 Å². The minimum atomic E-state index is 0.713. The largest absolute Gasteiger partial charge is 0.396 e. The minimum absolute atomic E-state index is 0.713. The fourth-order valence-electron chi connectivity index (χ4n) is 2.27. The van der Waals surface area contributed by atoms with Gasteiger partial charge in [-0.1, -0.05) is 19.3 Å². The first-order valence-corrected chi connectivity index (χ1v) is 6.69. The Morgan fingerprint density at radius 1 is 1.31 bits per heavy atom. The zero-order valence-electron chi connectivity index (χ0n) is 9.38. The summed E-state index contributed by atoms with van der Waals surface area (Å²) >= 11 is 3.47. The summed E-state index contributed by atoms with van der Waals surface area (Å²) in [6, 6.07) is 0. The molecule has 0 aliphatic heterocycles. The monoisotopic (exact) mass is 283 g/mol. The van der Waals surface area contributed by atoms with Crippen LogP contribution in [0.3, 0.4) is 0 Å². The second-order valence-corrected chi connectivity index (χ2v) is 5.32. The van der Waals surface area contributed by atoms with E-state index in [4.69, 9.17) is 5.73 Å². The number of halogens is 1. The van der Waals surface area contributed by atoms with Gasteiger partial charge in [-0.05, 0) is 34.7 Å². The molecule has 16 heavy (non-hydrogen) atoms. The Balaban J connectivity index is 1.93. The first-order chi connectivity index (χ1) is 7.77. The summed E-state index contributed by atoms with van der Waals surface area (Å²) in [6.07, 6.45) is 10.3. The molecule has 0 amide bonds. The van der Waals surface area contributed by atoms with Crippen LogP contribution in [0.4, 0.5) is 11.4 Å². The van der Waals surface area contributed by atoms with Gasteiger partial charge in [-0.25, -0.2) is 0 Å². The molecule has 0 bridgehead atoms. The second-order valence-electron chi connectivity index (χ2n) is 4.47. The first-order valence-electron chi connectivity index (χ1n) is 5.90. The smallest absolute Gasteiger partial charge is 0.0750 e. The zero-order valence-corrected chi connectivity index (χ0v) is 11.0. The van der Waals surface area contributed by atoms with Gasteiger partial charge in [0, 0.05) is 12.7 Å². The molecule has 1 aliphatic carbocycles. The Bertz CT molecular complexity index is 328. The number of nitrogens with zero attached hydrogens (tertiary/aromatic N) is 1. The maximum Gasteiger partial charge on any atom is 0.0750 e. The van der Waals surface area contributed by atoms with E-state index in [1.165, 1.54) is 32.1 Å². The third-order valence-corrected chi connectivity index (χ3v) is 3.82. The molecular formula is C12H18BrN3. The van der Waals surface area contributed by atoms with Crippen LogP contribution in [0.15, 0.2) is 16.9 Å². The van der Waals surface area contributed by atoms with Crippen molar-refractivity contribution in [1.82, 2.24) is 4.98 Å². The van der Waals surface area contributed by atoms with Gasteiger partial charge in [0.25, 0.3) is 0 Å². The molecule has 88 valence electrons. The van der Waals surface area contributed by atoms with Crippen molar-refractivity contribution < 1.29 is 0 Å². The quantitative estimate of drug-likeness (QED) is 0.894. The molecule has 0 spiro atoms. The van der Waals surface area contributed by atoms with Gasteiger partial charge < -0.3 is 11.1 Å². The van der Waals surface area contributed by atoms with Crippen LogP contribution in [-0.4, -0.2) is 11.5 Å². The van der Waals surface area contributed by atoms with E-state index in [0.29, 0.717) is 5.69 Å². The molecule has 1 fully saturated rings. The standard InChI is InChI=1S/C12H18BrN3/c13-10-7-15-8-11(14)12(10)16-6-9-4-2-1-3-5-9/h7-9H,1-6,14H2,(H,15,16). The summed E-state index contributed by atoms with van der Waals surface area (Å²) in [5, 5.41) is 3.44. The van der Waals surface area contributed by atoms with Crippen molar-refractivity contribution in [2.75, 3.05) is 17.6 Å². The van der Waals surface area contributed by atoms with Gasteiger partial charge in [-0.2, -0.15) is 0 Å². The molecule has 0 unspecified atom stereocenters. The van der Waals surface area contributed by atoms with Crippen molar-refractivity contribution in [3.63, 3.8) is 0 Å². The first kappa shape index (κ1) is 11.7. The number of aromatic nitrogens is 1. The number of anilines is 2. The Hall–Kier alpha value is -0.770. The molecule has 0 aromatic carbocycles. The third-order valence-electron chi connectivity index (χ3n) is 3.22. The predicted molar refractivity (Wildman–Crippen MR) is 71.4 cm³/mol. The van der Waals surface area contributed by atoms with Crippen LogP contribution in [0.25, 0.3) is 0 Å². The van der Waals surface area contributed by atoms with Crippen molar-refractivity contribution in [3.8, 4) is 0 Å². The summed E-state index contributed by atoms with van der Waals surface area (Å²) in [5.74, 6) is 0.799. The predicted octanol–water partition coefficient (Wildman–Crippen LogP) is 3.42. The van der Waals surface area contributed by atoms with E-state index < -0.39 is 0 Å². The molecule has 0 radical (unpaired) electrons. The highest BCUT2D eigenvalue weighted by molar-refractivity contribution is 9.10. The highest BCUT2D eigenvalue weighted by Gasteiger charge is 2.14. The van der Waals surface area contributed by atoms with E-state index in [2.05, 4.69) is 26.2 Å². The lowest BCUT2D eigenvalue weighted by atomic mass is 9.89. The van der Waals surface area contributed by atoms with Crippen molar-refractivity contribution in [2.24, 2.45) is 5.92 Å². The summed E-state index contributed by atoms with van der Waals surface area (Å²) in [4.78, 5) is 4.03. The van der Waals surface area contributed by atoms with Crippen LogP contribution < -0.4 is 11.1 Å². The summed E-state index contributed by atoms with van der Waals surface area (Å²) in [7, 11) is 0. The average molecular weight is 284 g/mol. The van der Waals surface area contributed by atoms with Gasteiger partial charge >= 0.3 is 0 Å². The van der Waals surface area contributed by atoms with E-state index in [-0.39, 0.29) is 0 Å². The van der Waals surface area contributed by atoms with Crippen LogP contribution in [0.1, 0.15) is 32.1 Å². The molecule has 1 aliphatic rings. The van der Waals surface area contributed by atoms with E-state index >= 15 is 0 Å². The summed E-state index contributed by atoms with van der Waals surface area (Å²) in [5.41, 5.74) is 7.58. The number of hydrogen-bond donors (Lipinski definition) is 2. The molecule has 3 N–H and O–H groups in total. The highest BCUT2D eigenvalue weighted by atomic mass is 79.9. The Morgan fingerprint density at radius 2 is 2.06 bits per heavy atom. The molecule has 0 saturated heterocycles. The molecule has 3 nitrogen and oxygen atoms in total. The van der Waals surface area contributed by atoms with Gasteiger partial charge in [0.15, 0.2) is 0 Å². The molecule has 1 aromatic rings. The van der Waals surface area contributed by atoms with Crippen LogP contribution in [0.5, 0.6) is 0 Å². The topological polar surface area (TPSA) is 50.9 Å². The lowest BCUT2D eigenvalue weighted by Gasteiger charge is -2.23. The van der Waals surface area contributed by atoms with Crippen molar-refractivity contribution in [2.45, 2.75) is 32.1 Å². The maximum absolute atomic E-state index is 5.88. The number of rotatable bonds is 3. The molecule has 1 saturated carbocycles. The Morgan fingerprint density at radius 3 is 2.75 bits per heavy atom. The highest BCUT2D eigenvalue weighted by Crippen LogP contribution is 2.29. The van der Waals surface area contributed by atoms with Crippen LogP contribution in [0.2, 0.25) is 0 Å². The number of pyridine rings is 1. The number of hydrogen-bond acceptors (Lipinski definition) is 3. The molecular weight excluding hydrogens is 266 g/mol. The number of nitrogens with two attached hydrogens (primary N) is 1. The average Bonchev–Trinajstić information content (AvgIpc) is 2.30. The Kier molecular flexibility index (Phi) is 4.04. The SMILES string of the molecule is Nc1cncc(Br)c1NCC1CCCCC1. The van der Waals surface area contributed by atoms with Crippen molar-refractivity contribution in [1.29, 1.82) is 0 Å². The van der Waals surface area contributed by atoms with Crippen molar-refractivity contribution >= 4 is 27.3 Å². The fourth-order valence-corrected chi connectivity index (χ4v) is 2.76. The zero-order chi connectivity index (χ0) is 11.4. The summed E-state index contributed by atoms with van der Waals surface area (Å²) < 4.78 is 0.948. The van der Waals surface area contributed by atoms with Gasteiger partial charge in [0.2, 0.25) is 0 Å². The third kappa shape index (κ3) is 2.88. The molecule has 1 aromatic heterocycles. The fraction of sp³-hybridized carbons (Fsp3) is 0.583. The van der Waals surface area contributed by atoms with Gasteiger partial charge in [0.1, 0.15) is 0 Å². The van der Waals surface area contributed by atoms with Gasteiger partial charge in [-0.15, -0.1) is 0 Å². The van der Waals surface area contributed by atoms with E-state index in [1.807, 2.05) is 0 Å². The second kappa shape index (κ2) is 5.53. The van der Waals surface area contributed by atoms with E-state index in [9.17, 15) is 0 Å². The lowest BCUT2D eigenvalue weighted by molar-refractivity contribution is 0.373. The van der Waals surface area contributed by atoms with E-state index in [1.54, 1.807) is 12.4 Å². The van der Waals surface area contributed by atoms with Gasteiger partial charge in [0.05, 0.1) is 22.0 Å². The molecule has 1 heterocycles. The number of nitrogen functional groups attached to an aromatic ring is 1. The van der Waals surface area contributed by atoms with E-state index in [0.717, 1.165) is 22.6 Å². The molecule has 2 rings (SSSR count). The normalized spacial score (nSPS) is 17.3. The van der Waals surface area contributed by atoms with Crippen LogP contribution in [0, 0.1) is 5.92 Å². The van der Waals surface area contributed by atoms with Gasteiger partial charge in [-0.3, -0.25) is 4.98 Å². The van der Waals surface area contributed by atoms with Crippen molar-refractivity contribution in [3.05, 3.63) is 16.9 Å².